The van der Waals surface area contributed by atoms with Crippen molar-refractivity contribution in [1.82, 2.24) is 14.7 Å². The Morgan fingerprint density at radius 2 is 1.82 bits per heavy atom. The molecule has 44 heavy (non-hydrogen) atoms. The van der Waals surface area contributed by atoms with E-state index in [1.165, 1.54) is 18.1 Å². The van der Waals surface area contributed by atoms with Gasteiger partial charge in [0.05, 0.1) is 36.0 Å². The molecule has 3 amide bonds. The molecule has 13 heteroatoms. The SMILES string of the molecule is COCCC(=O)Nc1ccc(C=CC(=O)NCC(=O)N(C)c2ccc(Cl)c(COc3cccn4c(Cl)c(C)nc34)c2Cl)cc1. The van der Waals surface area contributed by atoms with Crippen molar-refractivity contribution in [3.8, 4) is 5.75 Å². The topological polar surface area (TPSA) is 114 Å². The minimum absolute atomic E-state index is 0.0133. The fourth-order valence-corrected chi connectivity index (χ4v) is 4.89. The zero-order valence-corrected chi connectivity index (χ0v) is 26.5. The van der Waals surface area contributed by atoms with Crippen molar-refractivity contribution in [3.05, 3.63) is 92.8 Å². The van der Waals surface area contributed by atoms with Crippen molar-refractivity contribution in [2.45, 2.75) is 20.0 Å². The number of aromatic nitrogens is 2. The van der Waals surface area contributed by atoms with E-state index in [0.29, 0.717) is 50.8 Å². The molecule has 0 unspecified atom stereocenters. The van der Waals surface area contributed by atoms with E-state index in [0.717, 1.165) is 5.56 Å². The van der Waals surface area contributed by atoms with Crippen LogP contribution >= 0.6 is 34.8 Å². The summed E-state index contributed by atoms with van der Waals surface area (Å²) in [7, 11) is 3.08. The number of fused-ring (bicyclic) bond motifs is 1. The standard InChI is InChI=1S/C31H30Cl3N5O5/c1-19-30(34)39-15-4-5-25(31(39)36-19)44-18-22-23(32)11-12-24(29(22)33)38(2)28(42)17-35-26(40)13-8-20-6-9-21(10-7-20)37-27(41)14-16-43-3/h4-13,15H,14,16-18H2,1-3H3,(H,35,40)(H,37,41). The van der Waals surface area contributed by atoms with E-state index >= 15 is 0 Å². The molecule has 4 rings (SSSR count). The van der Waals surface area contributed by atoms with Crippen LogP contribution in [0.25, 0.3) is 11.7 Å². The molecular weight excluding hydrogens is 629 g/mol. The zero-order chi connectivity index (χ0) is 31.8. The highest BCUT2D eigenvalue weighted by molar-refractivity contribution is 6.38. The molecule has 0 bridgehead atoms. The maximum absolute atomic E-state index is 12.9. The largest absolute Gasteiger partial charge is 0.485 e. The van der Waals surface area contributed by atoms with Crippen LogP contribution in [0.3, 0.4) is 0 Å². The molecule has 2 aromatic heterocycles. The molecule has 0 aliphatic rings. The van der Waals surface area contributed by atoms with Gasteiger partial charge < -0.3 is 25.0 Å². The van der Waals surface area contributed by atoms with Crippen LogP contribution in [-0.4, -0.2) is 54.4 Å². The van der Waals surface area contributed by atoms with E-state index in [2.05, 4.69) is 15.6 Å². The molecule has 0 fully saturated rings. The smallest absolute Gasteiger partial charge is 0.246 e. The molecule has 2 N–H and O–H groups in total. The molecule has 2 heterocycles. The summed E-state index contributed by atoms with van der Waals surface area (Å²) in [6.07, 6.45) is 4.96. The van der Waals surface area contributed by atoms with Gasteiger partial charge in [-0.25, -0.2) is 4.98 Å². The Balaban J connectivity index is 1.33. The summed E-state index contributed by atoms with van der Waals surface area (Å²) in [6, 6.07) is 13.8. The first-order chi connectivity index (χ1) is 21.1. The Morgan fingerprint density at radius 3 is 2.55 bits per heavy atom. The predicted molar refractivity (Wildman–Crippen MR) is 173 cm³/mol. The zero-order valence-electron chi connectivity index (χ0n) is 24.2. The number of ether oxygens (including phenoxy) is 2. The number of carbonyl (C=O) groups is 3. The van der Waals surface area contributed by atoms with Gasteiger partial charge in [-0.2, -0.15) is 0 Å². The van der Waals surface area contributed by atoms with Gasteiger partial charge in [0.15, 0.2) is 11.4 Å². The van der Waals surface area contributed by atoms with E-state index in [-0.39, 0.29) is 30.5 Å². The van der Waals surface area contributed by atoms with Crippen LogP contribution in [0.15, 0.2) is 60.8 Å². The Kier molecular flexibility index (Phi) is 11.2. The first-order valence-corrected chi connectivity index (χ1v) is 14.6. The number of likely N-dealkylation sites (N-methyl/N-ethyl adjacent to an activating group) is 1. The number of rotatable bonds is 12. The summed E-state index contributed by atoms with van der Waals surface area (Å²) >= 11 is 19.4. The van der Waals surface area contributed by atoms with E-state index in [4.69, 9.17) is 44.3 Å². The molecule has 10 nitrogen and oxygen atoms in total. The van der Waals surface area contributed by atoms with Gasteiger partial charge in [-0.15, -0.1) is 0 Å². The number of nitrogens with zero attached hydrogens (tertiary/aromatic N) is 3. The van der Waals surface area contributed by atoms with Gasteiger partial charge in [0.2, 0.25) is 17.7 Å². The second kappa shape index (κ2) is 15.1. The molecule has 0 saturated heterocycles. The first kappa shape index (κ1) is 32.8. The van der Waals surface area contributed by atoms with E-state index in [1.54, 1.807) is 79.2 Å². The third-order valence-electron chi connectivity index (χ3n) is 6.56. The molecule has 4 aromatic rings. The van der Waals surface area contributed by atoms with Crippen molar-refractivity contribution < 1.29 is 23.9 Å². The maximum atomic E-state index is 12.9. The summed E-state index contributed by atoms with van der Waals surface area (Å²) in [6.45, 7) is 1.89. The summed E-state index contributed by atoms with van der Waals surface area (Å²) < 4.78 is 12.6. The maximum Gasteiger partial charge on any atom is 0.246 e. The lowest BCUT2D eigenvalue weighted by molar-refractivity contribution is -0.122. The van der Waals surface area contributed by atoms with Crippen LogP contribution in [0.5, 0.6) is 5.75 Å². The van der Waals surface area contributed by atoms with Crippen LogP contribution in [-0.2, 0) is 25.7 Å². The Morgan fingerprint density at radius 1 is 1.07 bits per heavy atom. The molecule has 0 aliphatic carbocycles. The number of hydrogen-bond acceptors (Lipinski definition) is 6. The van der Waals surface area contributed by atoms with Crippen molar-refractivity contribution in [2.24, 2.45) is 0 Å². The molecule has 0 aliphatic heterocycles. The van der Waals surface area contributed by atoms with Crippen LogP contribution < -0.4 is 20.3 Å². The third-order valence-corrected chi connectivity index (χ3v) is 7.79. The van der Waals surface area contributed by atoms with Gasteiger partial charge in [0.25, 0.3) is 0 Å². The van der Waals surface area contributed by atoms with Crippen LogP contribution in [0, 0.1) is 6.92 Å². The van der Waals surface area contributed by atoms with E-state index < -0.39 is 11.8 Å². The molecule has 230 valence electrons. The van der Waals surface area contributed by atoms with Crippen LogP contribution in [0.2, 0.25) is 15.2 Å². The number of hydrogen-bond donors (Lipinski definition) is 2. The van der Waals surface area contributed by atoms with Gasteiger partial charge in [0.1, 0.15) is 11.8 Å². The van der Waals surface area contributed by atoms with E-state index in [1.807, 2.05) is 0 Å². The number of imidazole rings is 1. The minimum Gasteiger partial charge on any atom is -0.485 e. The Labute approximate surface area is 269 Å². The predicted octanol–water partition coefficient (Wildman–Crippen LogP) is 5.95. The molecule has 0 saturated carbocycles. The van der Waals surface area contributed by atoms with Crippen molar-refractivity contribution >= 4 is 75.6 Å². The Bertz CT molecular complexity index is 1710. The van der Waals surface area contributed by atoms with E-state index in [9.17, 15) is 14.4 Å². The minimum atomic E-state index is -0.455. The molecule has 0 radical (unpaired) electrons. The second-order valence-corrected chi connectivity index (χ2v) is 10.8. The number of amides is 3. The number of benzene rings is 2. The fraction of sp³-hybridized carbons (Fsp3) is 0.226. The number of methoxy groups -OCH3 is 1. The van der Waals surface area contributed by atoms with Gasteiger partial charge in [-0.05, 0) is 55.0 Å². The second-order valence-electron chi connectivity index (χ2n) is 9.62. The lowest BCUT2D eigenvalue weighted by atomic mass is 10.2. The number of nitrogens with one attached hydrogen (secondary N) is 2. The van der Waals surface area contributed by atoms with Crippen molar-refractivity contribution in [3.63, 3.8) is 0 Å². The van der Waals surface area contributed by atoms with Crippen molar-refractivity contribution in [1.29, 1.82) is 0 Å². The molecule has 0 spiro atoms. The fourth-order valence-electron chi connectivity index (χ4n) is 4.11. The van der Waals surface area contributed by atoms with Crippen molar-refractivity contribution in [2.75, 3.05) is 37.5 Å². The highest BCUT2D eigenvalue weighted by Crippen LogP contribution is 2.35. The lowest BCUT2D eigenvalue weighted by Crippen LogP contribution is -2.37. The van der Waals surface area contributed by atoms with Gasteiger partial charge in [-0.1, -0.05) is 46.9 Å². The van der Waals surface area contributed by atoms with Crippen LogP contribution in [0.4, 0.5) is 11.4 Å². The number of pyridine rings is 1. The quantitative estimate of drug-likeness (QED) is 0.182. The normalized spacial score (nSPS) is 11.1. The summed E-state index contributed by atoms with van der Waals surface area (Å²) in [5.41, 5.74) is 3.47. The molecular formula is C31H30Cl3N5O5. The number of halogens is 3. The highest BCUT2D eigenvalue weighted by Gasteiger charge is 2.20. The average Bonchev–Trinajstić information content (AvgIpc) is 3.31. The number of anilines is 2. The summed E-state index contributed by atoms with van der Waals surface area (Å²) in [5, 5.41) is 6.43. The number of carbonyl (C=O) groups excluding carboxylic acids is 3. The highest BCUT2D eigenvalue weighted by atomic mass is 35.5. The molecule has 2 aromatic carbocycles. The van der Waals surface area contributed by atoms with Gasteiger partial charge >= 0.3 is 0 Å². The third kappa shape index (κ3) is 8.09. The Hall–Kier alpha value is -4.09. The van der Waals surface area contributed by atoms with Gasteiger partial charge in [0, 0.05) is 42.7 Å². The number of aryl methyl sites for hydroxylation is 1. The lowest BCUT2D eigenvalue weighted by Gasteiger charge is -2.21. The molecule has 0 atom stereocenters. The average molecular weight is 659 g/mol. The summed E-state index contributed by atoms with van der Waals surface area (Å²) in [5.74, 6) is -0.522. The first-order valence-electron chi connectivity index (χ1n) is 13.4. The summed E-state index contributed by atoms with van der Waals surface area (Å²) in [4.78, 5) is 42.9. The monoisotopic (exact) mass is 657 g/mol. The van der Waals surface area contributed by atoms with Crippen LogP contribution in [0.1, 0.15) is 23.2 Å². The van der Waals surface area contributed by atoms with Gasteiger partial charge in [-0.3, -0.25) is 18.8 Å².